The van der Waals surface area contributed by atoms with E-state index in [1.165, 1.54) is 0 Å². The van der Waals surface area contributed by atoms with Crippen LogP contribution < -0.4 is 4.90 Å². The van der Waals surface area contributed by atoms with E-state index in [0.717, 1.165) is 0 Å². The van der Waals surface area contributed by atoms with Crippen molar-refractivity contribution < 1.29 is 9.66 Å². The highest BCUT2D eigenvalue weighted by atomic mass is 16.6. The van der Waals surface area contributed by atoms with Crippen LogP contribution in [-0.2, 0) is 4.74 Å². The lowest BCUT2D eigenvalue weighted by Gasteiger charge is -2.31. The molecule has 1 aromatic carbocycles. The molecule has 2 aromatic rings. The van der Waals surface area contributed by atoms with Crippen molar-refractivity contribution in [3.8, 4) is 6.07 Å². The topological polar surface area (TPSA) is 92.3 Å². The first-order chi connectivity index (χ1) is 10.2. The Bertz CT molecular complexity index is 741. The lowest BCUT2D eigenvalue weighted by atomic mass is 10.1. The first-order valence-corrected chi connectivity index (χ1v) is 6.49. The van der Waals surface area contributed by atoms with Crippen LogP contribution in [0.3, 0.4) is 0 Å². The second-order valence-electron chi connectivity index (χ2n) is 4.70. The molecular weight excluding hydrogens is 272 g/mol. The molecule has 0 aliphatic carbocycles. The molecule has 1 unspecified atom stereocenters. The van der Waals surface area contributed by atoms with E-state index in [4.69, 9.17) is 10.00 Å². The quantitative estimate of drug-likeness (QED) is 0.617. The van der Waals surface area contributed by atoms with Crippen LogP contribution in [0.25, 0.3) is 10.9 Å². The fourth-order valence-electron chi connectivity index (χ4n) is 2.52. The fraction of sp³-hybridized carbons (Fsp3) is 0.286. The molecule has 0 radical (unpaired) electrons. The maximum Gasteiger partial charge on any atom is 0.301 e. The Balaban J connectivity index is 2.12. The van der Waals surface area contributed by atoms with Gasteiger partial charge >= 0.3 is 5.69 Å². The molecule has 7 nitrogen and oxygen atoms in total. The summed E-state index contributed by atoms with van der Waals surface area (Å²) in [5.41, 5.74) is 1.11. The van der Waals surface area contributed by atoms with Gasteiger partial charge in [-0.05, 0) is 24.3 Å². The Morgan fingerprint density at radius 3 is 3.10 bits per heavy atom. The van der Waals surface area contributed by atoms with E-state index in [1.54, 1.807) is 30.5 Å². The molecule has 2 heterocycles. The molecule has 21 heavy (non-hydrogen) atoms. The number of anilines is 1. The highest BCUT2D eigenvalue weighted by molar-refractivity contribution is 5.94. The van der Waals surface area contributed by atoms with Gasteiger partial charge < -0.3 is 9.64 Å². The van der Waals surface area contributed by atoms with Gasteiger partial charge in [-0.3, -0.25) is 15.1 Å². The predicted molar refractivity (Wildman–Crippen MR) is 76.0 cm³/mol. The molecule has 106 valence electrons. The van der Waals surface area contributed by atoms with Gasteiger partial charge in [-0.2, -0.15) is 5.26 Å². The maximum atomic E-state index is 11.5. The second kappa shape index (κ2) is 5.34. The number of aromatic nitrogens is 1. The maximum absolute atomic E-state index is 11.5. The van der Waals surface area contributed by atoms with Crippen LogP contribution >= 0.6 is 0 Å². The molecule has 0 amide bonds. The summed E-state index contributed by atoms with van der Waals surface area (Å²) in [4.78, 5) is 17.1. The number of pyridine rings is 1. The number of hydrogen-bond donors (Lipinski definition) is 0. The summed E-state index contributed by atoms with van der Waals surface area (Å²) < 4.78 is 5.28. The number of benzene rings is 1. The van der Waals surface area contributed by atoms with Crippen LogP contribution in [0.1, 0.15) is 0 Å². The van der Waals surface area contributed by atoms with Crippen molar-refractivity contribution >= 4 is 22.3 Å². The minimum absolute atomic E-state index is 0.0270. The highest BCUT2D eigenvalue weighted by Gasteiger charge is 2.27. The van der Waals surface area contributed by atoms with Gasteiger partial charge in [-0.1, -0.05) is 0 Å². The molecule has 0 spiro atoms. The number of hydrogen-bond acceptors (Lipinski definition) is 6. The van der Waals surface area contributed by atoms with E-state index in [0.29, 0.717) is 36.3 Å². The van der Waals surface area contributed by atoms with Crippen molar-refractivity contribution in [3.63, 3.8) is 0 Å². The zero-order chi connectivity index (χ0) is 14.8. The normalized spacial score (nSPS) is 18.4. The molecule has 0 N–H and O–H groups in total. The van der Waals surface area contributed by atoms with Crippen molar-refractivity contribution in [1.82, 2.24) is 4.98 Å². The van der Waals surface area contributed by atoms with E-state index in [2.05, 4.69) is 4.98 Å². The van der Waals surface area contributed by atoms with E-state index in [9.17, 15) is 10.1 Å². The summed E-state index contributed by atoms with van der Waals surface area (Å²) in [6.45, 7) is 1.22. The van der Waals surface area contributed by atoms with Crippen LogP contribution in [0, 0.1) is 21.4 Å². The number of nitriles is 1. The molecule has 1 aliphatic heterocycles. The van der Waals surface area contributed by atoms with Gasteiger partial charge in [0.05, 0.1) is 35.0 Å². The lowest BCUT2D eigenvalue weighted by Crippen LogP contribution is -2.42. The highest BCUT2D eigenvalue weighted by Crippen LogP contribution is 2.35. The SMILES string of the molecule is N#CC1CN(c2ccc3ncccc3c2[N+](=O)[O-])CCO1. The third-order valence-corrected chi connectivity index (χ3v) is 3.47. The number of nitro groups is 1. The molecule has 1 aromatic heterocycles. The van der Waals surface area contributed by atoms with E-state index < -0.39 is 11.0 Å². The van der Waals surface area contributed by atoms with E-state index >= 15 is 0 Å². The Hall–Kier alpha value is -2.72. The van der Waals surface area contributed by atoms with Crippen molar-refractivity contribution in [2.24, 2.45) is 0 Å². The molecule has 7 heteroatoms. The Morgan fingerprint density at radius 2 is 2.33 bits per heavy atom. The Kier molecular flexibility index (Phi) is 3.38. The monoisotopic (exact) mass is 284 g/mol. The number of fused-ring (bicyclic) bond motifs is 1. The minimum atomic E-state index is -0.567. The summed E-state index contributed by atoms with van der Waals surface area (Å²) in [6.07, 6.45) is 1.04. The largest absolute Gasteiger partial charge is 0.360 e. The molecule has 1 atom stereocenters. The fourth-order valence-corrected chi connectivity index (χ4v) is 2.52. The summed E-state index contributed by atoms with van der Waals surface area (Å²) in [7, 11) is 0. The molecule has 1 aliphatic rings. The van der Waals surface area contributed by atoms with Crippen LogP contribution in [0.5, 0.6) is 0 Å². The van der Waals surface area contributed by atoms with Gasteiger partial charge in [0.15, 0.2) is 6.10 Å². The van der Waals surface area contributed by atoms with Crippen molar-refractivity contribution in [2.45, 2.75) is 6.10 Å². The summed E-state index contributed by atoms with van der Waals surface area (Å²) >= 11 is 0. The number of rotatable bonds is 2. The average Bonchev–Trinajstić information content (AvgIpc) is 2.53. The number of ether oxygens (including phenoxy) is 1. The first-order valence-electron chi connectivity index (χ1n) is 6.49. The smallest absolute Gasteiger partial charge is 0.301 e. The van der Waals surface area contributed by atoms with Crippen LogP contribution in [-0.4, -0.2) is 35.7 Å². The van der Waals surface area contributed by atoms with Crippen molar-refractivity contribution in [2.75, 3.05) is 24.6 Å². The van der Waals surface area contributed by atoms with Crippen molar-refractivity contribution in [3.05, 3.63) is 40.6 Å². The van der Waals surface area contributed by atoms with Gasteiger partial charge in [0, 0.05) is 12.7 Å². The summed E-state index contributed by atoms with van der Waals surface area (Å²) in [5.74, 6) is 0. The van der Waals surface area contributed by atoms with E-state index in [1.807, 2.05) is 11.0 Å². The van der Waals surface area contributed by atoms with Gasteiger partial charge in [0.2, 0.25) is 0 Å². The number of nitrogens with zero attached hydrogens (tertiary/aromatic N) is 4. The second-order valence-corrected chi connectivity index (χ2v) is 4.70. The zero-order valence-corrected chi connectivity index (χ0v) is 11.1. The predicted octanol–water partition coefficient (Wildman–Crippen LogP) is 1.87. The van der Waals surface area contributed by atoms with E-state index in [-0.39, 0.29) is 5.69 Å². The molecule has 0 saturated carbocycles. The summed E-state index contributed by atoms with van der Waals surface area (Å²) in [5, 5.41) is 20.9. The third-order valence-electron chi connectivity index (χ3n) is 3.47. The van der Waals surface area contributed by atoms with Gasteiger partial charge in [-0.15, -0.1) is 0 Å². The Morgan fingerprint density at radius 1 is 1.48 bits per heavy atom. The summed E-state index contributed by atoms with van der Waals surface area (Å²) in [6, 6.07) is 8.85. The standard InChI is InChI=1S/C14H12N4O3/c15-8-10-9-17(6-7-21-10)13-4-3-12-11(2-1-5-16-12)14(13)18(19)20/h1-5,10H,6-7,9H2. The van der Waals surface area contributed by atoms with Gasteiger partial charge in [0.25, 0.3) is 0 Å². The average molecular weight is 284 g/mol. The lowest BCUT2D eigenvalue weighted by molar-refractivity contribution is -0.382. The van der Waals surface area contributed by atoms with Crippen LogP contribution in [0.4, 0.5) is 11.4 Å². The molecule has 0 bridgehead atoms. The van der Waals surface area contributed by atoms with Gasteiger partial charge in [0.1, 0.15) is 5.69 Å². The molecular formula is C14H12N4O3. The first kappa shape index (κ1) is 13.3. The zero-order valence-electron chi connectivity index (χ0n) is 11.1. The Labute approximate surface area is 120 Å². The molecule has 1 fully saturated rings. The van der Waals surface area contributed by atoms with Crippen LogP contribution in [0.15, 0.2) is 30.5 Å². The molecule has 1 saturated heterocycles. The number of morpholine rings is 1. The van der Waals surface area contributed by atoms with Crippen LogP contribution in [0.2, 0.25) is 0 Å². The number of nitro benzene ring substituents is 1. The molecule has 3 rings (SSSR count). The van der Waals surface area contributed by atoms with Crippen molar-refractivity contribution in [1.29, 1.82) is 5.26 Å². The third kappa shape index (κ3) is 2.37. The van der Waals surface area contributed by atoms with Gasteiger partial charge in [-0.25, -0.2) is 0 Å². The minimum Gasteiger partial charge on any atom is -0.360 e.